The summed E-state index contributed by atoms with van der Waals surface area (Å²) >= 11 is 1.64. The Balaban J connectivity index is 2.55. The van der Waals surface area contributed by atoms with Crippen molar-refractivity contribution < 1.29 is 18.0 Å². The summed E-state index contributed by atoms with van der Waals surface area (Å²) in [5.74, 6) is -0.293. The zero-order valence-electron chi connectivity index (χ0n) is 13.3. The lowest BCUT2D eigenvalue weighted by Crippen LogP contribution is -2.40. The van der Waals surface area contributed by atoms with Crippen LogP contribution in [0.3, 0.4) is 0 Å². The Labute approximate surface area is 137 Å². The monoisotopic (exact) mass is 350 g/mol. The summed E-state index contributed by atoms with van der Waals surface area (Å²) in [5, 5.41) is 6.00. The molecular formula is C14H21F3N4OS. The van der Waals surface area contributed by atoms with Gasteiger partial charge in [-0.2, -0.15) is 13.2 Å². The van der Waals surface area contributed by atoms with Gasteiger partial charge in [0.05, 0.1) is 6.54 Å². The first-order valence-corrected chi connectivity index (χ1v) is 7.91. The van der Waals surface area contributed by atoms with Crippen LogP contribution < -0.4 is 10.6 Å². The molecule has 0 aliphatic heterocycles. The van der Waals surface area contributed by atoms with Crippen molar-refractivity contribution >= 4 is 23.2 Å². The van der Waals surface area contributed by atoms with E-state index in [0.717, 1.165) is 11.9 Å². The van der Waals surface area contributed by atoms with E-state index in [1.165, 1.54) is 4.88 Å². The van der Waals surface area contributed by atoms with Crippen molar-refractivity contribution in [1.82, 2.24) is 15.5 Å². The summed E-state index contributed by atoms with van der Waals surface area (Å²) in [4.78, 5) is 18.6. The Morgan fingerprint density at radius 3 is 2.57 bits per heavy atom. The fraction of sp³-hybridized carbons (Fsp3) is 0.571. The molecule has 1 aromatic heterocycles. The third-order valence-electron chi connectivity index (χ3n) is 2.78. The second kappa shape index (κ2) is 8.76. The smallest absolute Gasteiger partial charge is 0.357 e. The number of rotatable bonds is 6. The number of aliphatic imine (C=N–C) groups is 1. The van der Waals surface area contributed by atoms with Crippen LogP contribution in [-0.2, 0) is 11.3 Å². The van der Waals surface area contributed by atoms with Gasteiger partial charge in [0, 0.05) is 23.3 Å². The lowest BCUT2D eigenvalue weighted by molar-refractivity contribution is -0.157. The topological polar surface area (TPSA) is 56.7 Å². The lowest BCUT2D eigenvalue weighted by atomic mass is 10.4. The number of carbonyl (C=O) groups is 1. The van der Waals surface area contributed by atoms with Gasteiger partial charge in [-0.1, -0.05) is 0 Å². The van der Waals surface area contributed by atoms with Crippen molar-refractivity contribution in [3.8, 4) is 0 Å². The van der Waals surface area contributed by atoms with E-state index in [9.17, 15) is 18.0 Å². The predicted molar refractivity (Wildman–Crippen MR) is 85.6 cm³/mol. The number of amides is 1. The molecule has 0 radical (unpaired) electrons. The summed E-state index contributed by atoms with van der Waals surface area (Å²) in [5.41, 5.74) is 0. The van der Waals surface area contributed by atoms with Gasteiger partial charge in [-0.3, -0.25) is 4.79 Å². The minimum absolute atomic E-state index is 0.342. The molecule has 130 valence electrons. The highest BCUT2D eigenvalue weighted by Gasteiger charge is 2.30. The van der Waals surface area contributed by atoms with Gasteiger partial charge in [0.25, 0.3) is 0 Å². The van der Waals surface area contributed by atoms with Crippen LogP contribution in [0.25, 0.3) is 0 Å². The standard InChI is InChI=1S/C14H21F3N4OS/c1-4-18-13(19-7-11-6-5-10(2)23-11)20-8-12(22)21(3)9-14(15,16)17/h5-6H,4,7-9H2,1-3H3,(H2,18,19,20). The van der Waals surface area contributed by atoms with E-state index in [4.69, 9.17) is 0 Å². The molecule has 0 fully saturated rings. The van der Waals surface area contributed by atoms with Gasteiger partial charge in [-0.05, 0) is 26.0 Å². The maximum absolute atomic E-state index is 12.2. The second-order valence-corrected chi connectivity index (χ2v) is 6.30. The number of thiophene rings is 1. The van der Waals surface area contributed by atoms with Crippen molar-refractivity contribution in [3.05, 3.63) is 21.9 Å². The molecule has 0 saturated carbocycles. The van der Waals surface area contributed by atoms with Crippen molar-refractivity contribution in [1.29, 1.82) is 0 Å². The Kier molecular flexibility index (Phi) is 7.34. The molecule has 0 spiro atoms. The SMILES string of the molecule is CCNC(=NCC(=O)N(C)CC(F)(F)F)NCc1ccc(C)s1. The van der Waals surface area contributed by atoms with E-state index in [2.05, 4.69) is 15.6 Å². The number of nitrogens with one attached hydrogen (secondary N) is 2. The van der Waals surface area contributed by atoms with Crippen molar-refractivity contribution in [3.63, 3.8) is 0 Å². The van der Waals surface area contributed by atoms with Crippen LogP contribution in [-0.4, -0.2) is 49.6 Å². The second-order valence-electron chi connectivity index (χ2n) is 4.93. The number of guanidine groups is 1. The van der Waals surface area contributed by atoms with Crippen LogP contribution in [0.1, 0.15) is 16.7 Å². The highest BCUT2D eigenvalue weighted by atomic mass is 32.1. The molecule has 0 unspecified atom stereocenters. The van der Waals surface area contributed by atoms with Crippen LogP contribution in [0.15, 0.2) is 17.1 Å². The van der Waals surface area contributed by atoms with E-state index in [-0.39, 0.29) is 6.54 Å². The molecule has 23 heavy (non-hydrogen) atoms. The first-order valence-electron chi connectivity index (χ1n) is 7.09. The number of nitrogens with zero attached hydrogens (tertiary/aromatic N) is 2. The number of halogens is 3. The molecule has 2 N–H and O–H groups in total. The Bertz CT molecular complexity index is 542. The number of alkyl halides is 3. The van der Waals surface area contributed by atoms with Gasteiger partial charge < -0.3 is 15.5 Å². The molecular weight excluding hydrogens is 329 g/mol. The molecule has 1 aromatic rings. The van der Waals surface area contributed by atoms with Crippen molar-refractivity contribution in [2.24, 2.45) is 4.99 Å². The van der Waals surface area contributed by atoms with E-state index in [0.29, 0.717) is 23.9 Å². The molecule has 0 aliphatic carbocycles. The Morgan fingerprint density at radius 1 is 1.35 bits per heavy atom. The van der Waals surface area contributed by atoms with Crippen LogP contribution in [0, 0.1) is 6.92 Å². The molecule has 0 saturated heterocycles. The summed E-state index contributed by atoms with van der Waals surface area (Å²) in [6.07, 6.45) is -4.41. The molecule has 0 aliphatic rings. The highest BCUT2D eigenvalue weighted by Crippen LogP contribution is 2.15. The quantitative estimate of drug-likeness (QED) is 0.610. The van der Waals surface area contributed by atoms with Crippen LogP contribution in [0.4, 0.5) is 13.2 Å². The Hall–Kier alpha value is -1.77. The molecule has 1 amide bonds. The fourth-order valence-corrected chi connectivity index (χ4v) is 2.55. The molecule has 1 heterocycles. The van der Waals surface area contributed by atoms with Crippen molar-refractivity contribution in [2.45, 2.75) is 26.6 Å². The average Bonchev–Trinajstić information content (AvgIpc) is 2.85. The molecule has 9 heteroatoms. The largest absolute Gasteiger partial charge is 0.406 e. The fourth-order valence-electron chi connectivity index (χ4n) is 1.72. The highest BCUT2D eigenvalue weighted by molar-refractivity contribution is 7.11. The van der Waals surface area contributed by atoms with E-state index >= 15 is 0 Å². The van der Waals surface area contributed by atoms with E-state index < -0.39 is 18.6 Å². The number of aryl methyl sites for hydroxylation is 1. The molecule has 0 aromatic carbocycles. The number of hydrogen-bond acceptors (Lipinski definition) is 3. The van der Waals surface area contributed by atoms with Crippen LogP contribution in [0.5, 0.6) is 0 Å². The van der Waals surface area contributed by atoms with Gasteiger partial charge in [0.1, 0.15) is 13.1 Å². The molecule has 5 nitrogen and oxygen atoms in total. The maximum atomic E-state index is 12.2. The summed E-state index contributed by atoms with van der Waals surface area (Å²) < 4.78 is 36.7. The third kappa shape index (κ3) is 7.87. The minimum atomic E-state index is -4.41. The maximum Gasteiger partial charge on any atom is 0.406 e. The third-order valence-corrected chi connectivity index (χ3v) is 3.79. The molecule has 1 rings (SSSR count). The zero-order chi connectivity index (χ0) is 17.5. The van der Waals surface area contributed by atoms with Crippen LogP contribution in [0.2, 0.25) is 0 Å². The lowest BCUT2D eigenvalue weighted by Gasteiger charge is -2.18. The first kappa shape index (κ1) is 19.3. The van der Waals surface area contributed by atoms with E-state index in [1.807, 2.05) is 26.0 Å². The summed E-state index contributed by atoms with van der Waals surface area (Å²) in [6.45, 7) is 3.37. The van der Waals surface area contributed by atoms with Gasteiger partial charge in [0.15, 0.2) is 5.96 Å². The summed E-state index contributed by atoms with van der Waals surface area (Å²) in [7, 11) is 1.11. The van der Waals surface area contributed by atoms with Gasteiger partial charge >= 0.3 is 6.18 Å². The van der Waals surface area contributed by atoms with Gasteiger partial charge in [0.2, 0.25) is 5.91 Å². The number of hydrogen-bond donors (Lipinski definition) is 2. The van der Waals surface area contributed by atoms with Gasteiger partial charge in [-0.15, -0.1) is 11.3 Å². The average molecular weight is 350 g/mol. The summed E-state index contributed by atoms with van der Waals surface area (Å²) in [6, 6.07) is 3.99. The zero-order valence-corrected chi connectivity index (χ0v) is 14.1. The van der Waals surface area contributed by atoms with Crippen LogP contribution >= 0.6 is 11.3 Å². The predicted octanol–water partition coefficient (Wildman–Crippen LogP) is 2.13. The first-order chi connectivity index (χ1) is 10.7. The number of carbonyl (C=O) groups excluding carboxylic acids is 1. The molecule has 0 bridgehead atoms. The van der Waals surface area contributed by atoms with Crippen molar-refractivity contribution in [2.75, 3.05) is 26.7 Å². The van der Waals surface area contributed by atoms with Gasteiger partial charge in [-0.25, -0.2) is 4.99 Å². The molecule has 0 atom stereocenters. The minimum Gasteiger partial charge on any atom is -0.357 e. The Morgan fingerprint density at radius 2 is 2.04 bits per heavy atom. The number of likely N-dealkylation sites (N-methyl/N-ethyl adjacent to an activating group) is 1. The van der Waals surface area contributed by atoms with E-state index in [1.54, 1.807) is 11.3 Å². The normalized spacial score (nSPS) is 12.2.